The summed E-state index contributed by atoms with van der Waals surface area (Å²) in [5.41, 5.74) is 1.78. The number of fused-ring (bicyclic) bond motifs is 1. The quantitative estimate of drug-likeness (QED) is 0.876. The Bertz CT molecular complexity index is 767. The molecule has 0 bridgehead atoms. The molecule has 0 radical (unpaired) electrons. The molecular formula is C19H17FO3. The summed E-state index contributed by atoms with van der Waals surface area (Å²) in [4.78, 5) is 11.8. The zero-order valence-electron chi connectivity index (χ0n) is 12.7. The van der Waals surface area contributed by atoms with E-state index in [-0.39, 0.29) is 0 Å². The van der Waals surface area contributed by atoms with Crippen LogP contribution in [0.4, 0.5) is 4.39 Å². The summed E-state index contributed by atoms with van der Waals surface area (Å²) in [5, 5.41) is 10.3. The molecule has 0 aliphatic carbocycles. The van der Waals surface area contributed by atoms with Gasteiger partial charge in [-0.25, -0.2) is 4.39 Å². The average Bonchev–Trinajstić information content (AvgIpc) is 2.59. The van der Waals surface area contributed by atoms with Crippen molar-refractivity contribution in [2.24, 2.45) is 0 Å². The first-order valence-corrected chi connectivity index (χ1v) is 7.55. The Balaban J connectivity index is 2.23. The summed E-state index contributed by atoms with van der Waals surface area (Å²) in [6.07, 6.45) is 0.385. The molecule has 3 rings (SSSR count). The van der Waals surface area contributed by atoms with E-state index in [2.05, 4.69) is 0 Å². The summed E-state index contributed by atoms with van der Waals surface area (Å²) in [6, 6.07) is 13.2. The highest BCUT2D eigenvalue weighted by Crippen LogP contribution is 2.43. The van der Waals surface area contributed by atoms with Gasteiger partial charge in [-0.2, -0.15) is 0 Å². The molecule has 1 aliphatic heterocycles. The van der Waals surface area contributed by atoms with Crippen LogP contribution < -0.4 is 4.74 Å². The predicted octanol–water partition coefficient (Wildman–Crippen LogP) is 3.68. The van der Waals surface area contributed by atoms with E-state index in [0.717, 1.165) is 6.29 Å². The average molecular weight is 312 g/mol. The van der Waals surface area contributed by atoms with Gasteiger partial charge in [0.05, 0.1) is 5.92 Å². The predicted molar refractivity (Wildman–Crippen MR) is 85.5 cm³/mol. The molecule has 2 aromatic rings. The lowest BCUT2D eigenvalue weighted by Gasteiger charge is -2.30. The number of carbonyl (C=O) groups excluding carboxylic acids is 1. The molecule has 3 nitrogen and oxygen atoms in total. The summed E-state index contributed by atoms with van der Waals surface area (Å²) in [5.74, 6) is -0.136. The second-order valence-corrected chi connectivity index (χ2v) is 5.47. The van der Waals surface area contributed by atoms with Crippen molar-refractivity contribution in [2.75, 3.05) is 0 Å². The van der Waals surface area contributed by atoms with E-state index in [1.165, 1.54) is 12.1 Å². The molecule has 0 saturated heterocycles. The van der Waals surface area contributed by atoms with Crippen LogP contribution >= 0.6 is 0 Å². The van der Waals surface area contributed by atoms with Crippen LogP contribution in [0.5, 0.6) is 5.75 Å². The molecule has 0 saturated carbocycles. The summed E-state index contributed by atoms with van der Waals surface area (Å²) in [6.45, 7) is 1.82. The van der Waals surface area contributed by atoms with Crippen molar-refractivity contribution in [1.29, 1.82) is 0 Å². The van der Waals surface area contributed by atoms with Gasteiger partial charge in [0.1, 0.15) is 29.7 Å². The number of hydrogen-bond donors (Lipinski definition) is 1. The van der Waals surface area contributed by atoms with Crippen LogP contribution in [-0.4, -0.2) is 17.5 Å². The molecule has 0 fully saturated rings. The number of halogens is 1. The number of benzene rings is 2. The summed E-state index contributed by atoms with van der Waals surface area (Å²) in [7, 11) is 0. The van der Waals surface area contributed by atoms with Gasteiger partial charge in [-0.15, -0.1) is 0 Å². The van der Waals surface area contributed by atoms with E-state index < -0.39 is 17.8 Å². The number of aliphatic hydroxyl groups is 1. The van der Waals surface area contributed by atoms with Crippen LogP contribution in [-0.2, 0) is 4.79 Å². The second kappa shape index (κ2) is 6.34. The first-order valence-electron chi connectivity index (χ1n) is 7.55. The molecule has 0 amide bonds. The molecule has 1 aliphatic rings. The molecule has 2 aromatic carbocycles. The first kappa shape index (κ1) is 15.4. The molecule has 1 heterocycles. The van der Waals surface area contributed by atoms with Crippen molar-refractivity contribution in [3.63, 3.8) is 0 Å². The van der Waals surface area contributed by atoms with E-state index in [1.807, 2.05) is 25.1 Å². The van der Waals surface area contributed by atoms with Crippen molar-refractivity contribution < 1.29 is 19.0 Å². The minimum atomic E-state index is -0.857. The van der Waals surface area contributed by atoms with Gasteiger partial charge in [0.2, 0.25) is 0 Å². The minimum absolute atomic E-state index is 0.314. The van der Waals surface area contributed by atoms with Crippen molar-refractivity contribution in [2.45, 2.75) is 25.4 Å². The third kappa shape index (κ3) is 2.78. The maximum atomic E-state index is 13.6. The fourth-order valence-corrected chi connectivity index (χ4v) is 2.86. The van der Waals surface area contributed by atoms with Gasteiger partial charge in [0.25, 0.3) is 0 Å². The van der Waals surface area contributed by atoms with Crippen molar-refractivity contribution in [1.82, 2.24) is 0 Å². The normalized spacial score (nSPS) is 18.1. The van der Waals surface area contributed by atoms with Gasteiger partial charge >= 0.3 is 0 Å². The molecule has 1 unspecified atom stereocenters. The van der Waals surface area contributed by atoms with Gasteiger partial charge in [-0.05, 0) is 30.2 Å². The Morgan fingerprint density at radius 1 is 1.26 bits per heavy atom. The Hall–Kier alpha value is -2.46. The lowest BCUT2D eigenvalue weighted by molar-refractivity contribution is -0.108. The van der Waals surface area contributed by atoms with Crippen LogP contribution in [0.15, 0.2) is 54.3 Å². The molecule has 23 heavy (non-hydrogen) atoms. The van der Waals surface area contributed by atoms with Crippen LogP contribution in [0, 0.1) is 5.82 Å². The number of carbonyl (C=O) groups is 1. The van der Waals surface area contributed by atoms with Gasteiger partial charge in [-0.1, -0.05) is 37.3 Å². The Kier molecular flexibility index (Phi) is 4.26. The number of para-hydroxylation sites is 1. The SMILES string of the molecule is CCC(O)C1=C(c2cccc(F)c2)[C@H](C=O)c2ccccc2O1. The lowest BCUT2D eigenvalue weighted by Crippen LogP contribution is -2.24. The fourth-order valence-electron chi connectivity index (χ4n) is 2.86. The Morgan fingerprint density at radius 3 is 2.74 bits per heavy atom. The van der Waals surface area contributed by atoms with E-state index in [9.17, 15) is 14.3 Å². The number of aliphatic hydroxyl groups excluding tert-OH is 1. The minimum Gasteiger partial charge on any atom is -0.458 e. The smallest absolute Gasteiger partial charge is 0.137 e. The second-order valence-electron chi connectivity index (χ2n) is 5.47. The molecule has 118 valence electrons. The lowest BCUT2D eigenvalue weighted by atomic mass is 9.83. The number of hydrogen-bond acceptors (Lipinski definition) is 3. The molecule has 0 aromatic heterocycles. The largest absolute Gasteiger partial charge is 0.458 e. The Morgan fingerprint density at radius 2 is 2.04 bits per heavy atom. The van der Waals surface area contributed by atoms with Gasteiger partial charge < -0.3 is 14.6 Å². The number of allylic oxidation sites excluding steroid dienone is 1. The summed E-state index contributed by atoms with van der Waals surface area (Å²) >= 11 is 0. The zero-order chi connectivity index (χ0) is 16.4. The third-order valence-electron chi connectivity index (χ3n) is 4.01. The summed E-state index contributed by atoms with van der Waals surface area (Å²) < 4.78 is 19.5. The van der Waals surface area contributed by atoms with Gasteiger partial charge in [0, 0.05) is 11.1 Å². The maximum Gasteiger partial charge on any atom is 0.137 e. The highest BCUT2D eigenvalue weighted by atomic mass is 19.1. The monoisotopic (exact) mass is 312 g/mol. The topological polar surface area (TPSA) is 46.5 Å². The first-order chi connectivity index (χ1) is 11.2. The number of ether oxygens (including phenoxy) is 1. The van der Waals surface area contributed by atoms with Crippen LogP contribution in [0.3, 0.4) is 0 Å². The highest BCUT2D eigenvalue weighted by Gasteiger charge is 2.32. The molecule has 0 spiro atoms. The van der Waals surface area contributed by atoms with Crippen molar-refractivity contribution >= 4 is 11.9 Å². The zero-order valence-corrected chi connectivity index (χ0v) is 12.7. The van der Waals surface area contributed by atoms with Crippen molar-refractivity contribution in [3.05, 3.63) is 71.2 Å². The molecular weight excluding hydrogens is 295 g/mol. The third-order valence-corrected chi connectivity index (χ3v) is 4.01. The van der Waals surface area contributed by atoms with E-state index in [1.54, 1.807) is 18.2 Å². The van der Waals surface area contributed by atoms with Crippen molar-refractivity contribution in [3.8, 4) is 5.75 Å². The van der Waals surface area contributed by atoms with E-state index >= 15 is 0 Å². The van der Waals surface area contributed by atoms with E-state index in [4.69, 9.17) is 4.74 Å². The number of rotatable bonds is 4. The fraction of sp³-hybridized carbons (Fsp3) is 0.211. The van der Waals surface area contributed by atoms with Gasteiger partial charge in [0.15, 0.2) is 0 Å². The molecule has 2 atom stereocenters. The van der Waals surface area contributed by atoms with E-state index in [0.29, 0.717) is 34.6 Å². The van der Waals surface area contributed by atoms with Crippen LogP contribution in [0.2, 0.25) is 0 Å². The van der Waals surface area contributed by atoms with Gasteiger partial charge in [-0.3, -0.25) is 0 Å². The standard InChI is InChI=1S/C19H17FO3/c1-2-16(22)19-18(12-6-5-7-13(20)10-12)15(11-21)14-8-3-4-9-17(14)23-19/h3-11,15-16,22H,2H2,1H3/t15-,16?/m1/s1. The van der Waals surface area contributed by atoms with Crippen LogP contribution in [0.25, 0.3) is 5.57 Å². The maximum absolute atomic E-state index is 13.6. The van der Waals surface area contributed by atoms with Crippen LogP contribution in [0.1, 0.15) is 30.4 Å². The highest BCUT2D eigenvalue weighted by molar-refractivity contribution is 5.90. The molecule has 4 heteroatoms. The number of aldehydes is 1. The molecule has 1 N–H and O–H groups in total. The Labute approximate surface area is 134 Å².